The Balaban J connectivity index is 1.74. The van der Waals surface area contributed by atoms with Crippen LogP contribution in [0.4, 0.5) is 5.69 Å². The van der Waals surface area contributed by atoms with Crippen LogP contribution >= 0.6 is 39.1 Å². The van der Waals surface area contributed by atoms with Crippen molar-refractivity contribution in [3.05, 3.63) is 85.8 Å². The largest absolute Gasteiger partial charge is 0.490 e. The minimum Gasteiger partial charge on any atom is -0.490 e. The molecule has 0 spiro atoms. The zero-order chi connectivity index (χ0) is 20.8. The van der Waals surface area contributed by atoms with Gasteiger partial charge in [0.25, 0.3) is 0 Å². The van der Waals surface area contributed by atoms with Gasteiger partial charge in [0.05, 0.1) is 21.1 Å². The highest BCUT2D eigenvalue weighted by Gasteiger charge is 2.13. The molecule has 0 aliphatic rings. The lowest BCUT2D eigenvalue weighted by Crippen LogP contribution is -2.04. The lowest BCUT2D eigenvalue weighted by atomic mass is 10.1. The molecule has 0 aliphatic carbocycles. The third-order valence-electron chi connectivity index (χ3n) is 4.28. The lowest BCUT2D eigenvalue weighted by Gasteiger charge is -2.16. The lowest BCUT2D eigenvalue weighted by molar-refractivity contribution is 0.267. The van der Waals surface area contributed by atoms with Gasteiger partial charge in [0, 0.05) is 12.2 Å². The van der Waals surface area contributed by atoms with E-state index in [1.807, 2.05) is 25.1 Å². The summed E-state index contributed by atoms with van der Waals surface area (Å²) in [6.07, 6.45) is 0. The third kappa shape index (κ3) is 6.05. The molecule has 0 heterocycles. The first-order valence-corrected chi connectivity index (χ1v) is 10.8. The van der Waals surface area contributed by atoms with Crippen LogP contribution in [0.15, 0.2) is 59.1 Å². The minimum absolute atomic E-state index is 0.358. The van der Waals surface area contributed by atoms with E-state index >= 15 is 0 Å². The summed E-state index contributed by atoms with van der Waals surface area (Å²) < 4.78 is 12.7. The first kappa shape index (κ1) is 21.8. The van der Waals surface area contributed by atoms with Crippen molar-refractivity contribution in [3.63, 3.8) is 0 Å². The highest BCUT2D eigenvalue weighted by molar-refractivity contribution is 9.10. The molecule has 0 atom stereocenters. The second-order valence-corrected chi connectivity index (χ2v) is 8.26. The summed E-state index contributed by atoms with van der Waals surface area (Å²) in [5, 5.41) is 4.46. The van der Waals surface area contributed by atoms with Crippen LogP contribution in [0.5, 0.6) is 11.5 Å². The monoisotopic (exact) mass is 493 g/mol. The van der Waals surface area contributed by atoms with E-state index in [4.69, 9.17) is 32.7 Å². The van der Waals surface area contributed by atoms with E-state index in [1.165, 1.54) is 5.56 Å². The molecule has 29 heavy (non-hydrogen) atoms. The molecule has 0 aromatic heterocycles. The molecular weight excluding hydrogens is 473 g/mol. The van der Waals surface area contributed by atoms with Crippen LogP contribution in [0.2, 0.25) is 10.0 Å². The molecule has 0 saturated carbocycles. The van der Waals surface area contributed by atoms with Crippen molar-refractivity contribution in [1.29, 1.82) is 0 Å². The second-order valence-electron chi connectivity index (χ2n) is 6.59. The number of hydrogen-bond acceptors (Lipinski definition) is 3. The fourth-order valence-electron chi connectivity index (χ4n) is 2.79. The maximum Gasteiger partial charge on any atom is 0.175 e. The van der Waals surface area contributed by atoms with Crippen LogP contribution < -0.4 is 14.8 Å². The second kappa shape index (κ2) is 10.2. The van der Waals surface area contributed by atoms with Crippen LogP contribution in [0.25, 0.3) is 0 Å². The van der Waals surface area contributed by atoms with Crippen molar-refractivity contribution in [2.75, 3.05) is 11.9 Å². The van der Waals surface area contributed by atoms with Crippen LogP contribution in [0.1, 0.15) is 23.6 Å². The van der Waals surface area contributed by atoms with Gasteiger partial charge in [-0.25, -0.2) is 0 Å². The molecule has 3 nitrogen and oxygen atoms in total. The van der Waals surface area contributed by atoms with Crippen molar-refractivity contribution in [2.45, 2.75) is 27.0 Å². The van der Waals surface area contributed by atoms with Crippen molar-refractivity contribution in [3.8, 4) is 11.5 Å². The molecule has 0 amide bonds. The number of halogens is 3. The van der Waals surface area contributed by atoms with E-state index in [2.05, 4.69) is 52.4 Å². The molecule has 0 fully saturated rings. The summed E-state index contributed by atoms with van der Waals surface area (Å²) in [4.78, 5) is 0. The van der Waals surface area contributed by atoms with Gasteiger partial charge in [-0.05, 0) is 77.3 Å². The van der Waals surface area contributed by atoms with Gasteiger partial charge >= 0.3 is 0 Å². The van der Waals surface area contributed by atoms with E-state index in [9.17, 15) is 0 Å². The molecular formula is C23H22BrCl2NO2. The Morgan fingerprint density at radius 2 is 1.66 bits per heavy atom. The van der Waals surface area contributed by atoms with Crippen molar-refractivity contribution < 1.29 is 9.47 Å². The Hall–Kier alpha value is -1.88. The Bertz CT molecular complexity index is 977. The van der Waals surface area contributed by atoms with Gasteiger partial charge in [0.15, 0.2) is 11.5 Å². The molecule has 152 valence electrons. The third-order valence-corrected chi connectivity index (χ3v) is 5.61. The standard InChI is InChI=1S/C23H22BrCl2NO2/c1-3-28-22-12-17(13-27-18-7-4-15(2)5-8-18)10-19(24)23(22)29-14-16-6-9-20(25)21(26)11-16/h4-12,27H,3,13-14H2,1-2H3. The fraction of sp³-hybridized carbons (Fsp3) is 0.217. The summed E-state index contributed by atoms with van der Waals surface area (Å²) in [6.45, 7) is 5.61. The van der Waals surface area contributed by atoms with E-state index in [-0.39, 0.29) is 0 Å². The van der Waals surface area contributed by atoms with Gasteiger partial charge in [-0.15, -0.1) is 0 Å². The molecule has 3 aromatic rings. The maximum absolute atomic E-state index is 6.09. The van der Waals surface area contributed by atoms with E-state index < -0.39 is 0 Å². The summed E-state index contributed by atoms with van der Waals surface area (Å²) in [5.41, 5.74) is 4.33. The topological polar surface area (TPSA) is 30.5 Å². The molecule has 0 saturated heterocycles. The minimum atomic E-state index is 0.358. The highest BCUT2D eigenvalue weighted by atomic mass is 79.9. The van der Waals surface area contributed by atoms with E-state index in [1.54, 1.807) is 12.1 Å². The van der Waals surface area contributed by atoms with Crippen LogP contribution in [-0.4, -0.2) is 6.61 Å². The summed E-state index contributed by atoms with van der Waals surface area (Å²) in [5.74, 6) is 1.36. The predicted octanol–water partition coefficient (Wildman–Crippen LogP) is 7.65. The Morgan fingerprint density at radius 3 is 2.34 bits per heavy atom. The van der Waals surface area contributed by atoms with E-state index in [0.29, 0.717) is 41.3 Å². The highest BCUT2D eigenvalue weighted by Crippen LogP contribution is 2.38. The molecule has 0 unspecified atom stereocenters. The summed E-state index contributed by atoms with van der Waals surface area (Å²) >= 11 is 15.7. The van der Waals surface area contributed by atoms with Gasteiger partial charge in [-0.2, -0.15) is 0 Å². The predicted molar refractivity (Wildman–Crippen MR) is 125 cm³/mol. The molecule has 3 rings (SSSR count). The smallest absolute Gasteiger partial charge is 0.175 e. The van der Waals surface area contributed by atoms with Crippen LogP contribution in [-0.2, 0) is 13.2 Å². The number of nitrogens with one attached hydrogen (secondary N) is 1. The van der Waals surface area contributed by atoms with E-state index in [0.717, 1.165) is 21.3 Å². The SMILES string of the molecule is CCOc1cc(CNc2ccc(C)cc2)cc(Br)c1OCc1ccc(Cl)c(Cl)c1. The molecule has 0 aliphatic heterocycles. The molecule has 1 N–H and O–H groups in total. The first-order chi connectivity index (χ1) is 14.0. The number of aryl methyl sites for hydroxylation is 1. The Kier molecular flexibility index (Phi) is 7.70. The van der Waals surface area contributed by atoms with Crippen LogP contribution in [0.3, 0.4) is 0 Å². The average Bonchev–Trinajstić information content (AvgIpc) is 2.70. The zero-order valence-corrected chi connectivity index (χ0v) is 19.4. The van der Waals surface area contributed by atoms with Gasteiger partial charge in [-0.3, -0.25) is 0 Å². The average molecular weight is 495 g/mol. The van der Waals surface area contributed by atoms with Gasteiger partial charge < -0.3 is 14.8 Å². The molecule has 0 radical (unpaired) electrons. The number of rotatable bonds is 8. The van der Waals surface area contributed by atoms with Crippen molar-refractivity contribution in [1.82, 2.24) is 0 Å². The van der Waals surface area contributed by atoms with Crippen LogP contribution in [0, 0.1) is 6.92 Å². The fourth-order valence-corrected chi connectivity index (χ4v) is 3.71. The Morgan fingerprint density at radius 1 is 0.897 bits per heavy atom. The van der Waals surface area contributed by atoms with Gasteiger partial charge in [0.2, 0.25) is 0 Å². The van der Waals surface area contributed by atoms with Gasteiger partial charge in [-0.1, -0.05) is 47.0 Å². The number of ether oxygens (including phenoxy) is 2. The normalized spacial score (nSPS) is 10.7. The first-order valence-electron chi connectivity index (χ1n) is 9.28. The molecule has 6 heteroatoms. The molecule has 3 aromatic carbocycles. The number of anilines is 1. The summed E-state index contributed by atoms with van der Waals surface area (Å²) in [6, 6.07) is 17.8. The zero-order valence-electron chi connectivity index (χ0n) is 16.3. The number of hydrogen-bond donors (Lipinski definition) is 1. The van der Waals surface area contributed by atoms with Crippen molar-refractivity contribution in [2.24, 2.45) is 0 Å². The maximum atomic E-state index is 6.09. The Labute approximate surface area is 190 Å². The summed E-state index contributed by atoms with van der Waals surface area (Å²) in [7, 11) is 0. The van der Waals surface area contributed by atoms with Gasteiger partial charge in [0.1, 0.15) is 6.61 Å². The number of benzene rings is 3. The molecule has 0 bridgehead atoms. The van der Waals surface area contributed by atoms with Crippen molar-refractivity contribution >= 4 is 44.8 Å². The quantitative estimate of drug-likeness (QED) is 0.348.